The molecular weight excluding hydrogens is 321 g/mol. The first-order valence-electron chi connectivity index (χ1n) is 7.38. The monoisotopic (exact) mass is 333 g/mol. The first-order valence-corrected chi connectivity index (χ1v) is 7.38. The maximum absolute atomic E-state index is 13.0. The van der Waals surface area contributed by atoms with Crippen LogP contribution in [-0.4, -0.2) is 10.9 Å². The zero-order chi connectivity index (χ0) is 17.8. The highest BCUT2D eigenvalue weighted by molar-refractivity contribution is 6.04. The van der Waals surface area contributed by atoms with Crippen molar-refractivity contribution in [1.29, 1.82) is 5.26 Å². The SMILES string of the molecule is N#Cc1ccccc1NC(=O)c1ccc(-c2ccc(F)cc2)[nH]c1=O. The summed E-state index contributed by atoms with van der Waals surface area (Å²) in [6.45, 7) is 0. The molecule has 0 spiro atoms. The van der Waals surface area contributed by atoms with Crippen LogP contribution in [0.5, 0.6) is 0 Å². The molecule has 0 unspecified atom stereocenters. The van der Waals surface area contributed by atoms with Crippen LogP contribution in [0.3, 0.4) is 0 Å². The van der Waals surface area contributed by atoms with E-state index in [0.29, 0.717) is 22.5 Å². The maximum atomic E-state index is 13.0. The Kier molecular flexibility index (Phi) is 4.40. The second-order valence-corrected chi connectivity index (χ2v) is 5.23. The van der Waals surface area contributed by atoms with Gasteiger partial charge in [-0.15, -0.1) is 0 Å². The predicted octanol–water partition coefficient (Wildman–Crippen LogP) is 3.30. The molecule has 0 aliphatic rings. The number of nitriles is 1. The zero-order valence-electron chi connectivity index (χ0n) is 12.9. The van der Waals surface area contributed by atoms with E-state index in [2.05, 4.69) is 10.3 Å². The summed E-state index contributed by atoms with van der Waals surface area (Å²) in [6.07, 6.45) is 0. The Morgan fingerprint density at radius 3 is 2.44 bits per heavy atom. The molecule has 0 fully saturated rings. The molecule has 0 radical (unpaired) electrons. The molecule has 3 rings (SSSR count). The van der Waals surface area contributed by atoms with E-state index in [4.69, 9.17) is 5.26 Å². The van der Waals surface area contributed by atoms with Gasteiger partial charge in [-0.25, -0.2) is 4.39 Å². The summed E-state index contributed by atoms with van der Waals surface area (Å²) in [5.74, 6) is -0.993. The van der Waals surface area contributed by atoms with Gasteiger partial charge in [0.05, 0.1) is 11.3 Å². The Morgan fingerprint density at radius 2 is 1.76 bits per heavy atom. The summed E-state index contributed by atoms with van der Waals surface area (Å²) in [4.78, 5) is 27.1. The second-order valence-electron chi connectivity index (χ2n) is 5.23. The third kappa shape index (κ3) is 3.46. The largest absolute Gasteiger partial charge is 0.321 e. The Bertz CT molecular complexity index is 1030. The van der Waals surface area contributed by atoms with Crippen molar-refractivity contribution >= 4 is 11.6 Å². The number of halogens is 1. The van der Waals surface area contributed by atoms with Crippen molar-refractivity contribution in [2.75, 3.05) is 5.32 Å². The minimum Gasteiger partial charge on any atom is -0.321 e. The maximum Gasteiger partial charge on any atom is 0.261 e. The number of pyridine rings is 1. The molecule has 3 aromatic rings. The van der Waals surface area contributed by atoms with Crippen molar-refractivity contribution < 1.29 is 9.18 Å². The van der Waals surface area contributed by atoms with E-state index < -0.39 is 11.5 Å². The zero-order valence-corrected chi connectivity index (χ0v) is 12.9. The number of H-pyrrole nitrogens is 1. The molecule has 2 aromatic carbocycles. The summed E-state index contributed by atoms with van der Waals surface area (Å²) >= 11 is 0. The van der Waals surface area contributed by atoms with Gasteiger partial charge in [0, 0.05) is 5.69 Å². The molecule has 122 valence electrons. The van der Waals surface area contributed by atoms with Crippen LogP contribution >= 0.6 is 0 Å². The van der Waals surface area contributed by atoms with Crippen molar-refractivity contribution in [2.45, 2.75) is 0 Å². The van der Waals surface area contributed by atoms with Crippen LogP contribution in [0.4, 0.5) is 10.1 Å². The molecule has 1 aromatic heterocycles. The number of nitrogens with zero attached hydrogens (tertiary/aromatic N) is 1. The van der Waals surface area contributed by atoms with E-state index in [9.17, 15) is 14.0 Å². The molecule has 5 nitrogen and oxygen atoms in total. The van der Waals surface area contributed by atoms with E-state index in [-0.39, 0.29) is 11.4 Å². The van der Waals surface area contributed by atoms with Crippen LogP contribution in [-0.2, 0) is 0 Å². The Balaban J connectivity index is 1.88. The summed E-state index contributed by atoms with van der Waals surface area (Å²) < 4.78 is 13.0. The summed E-state index contributed by atoms with van der Waals surface area (Å²) in [6, 6.07) is 17.1. The molecule has 25 heavy (non-hydrogen) atoms. The molecule has 0 saturated carbocycles. The van der Waals surface area contributed by atoms with Gasteiger partial charge in [-0.3, -0.25) is 9.59 Å². The lowest BCUT2D eigenvalue weighted by Crippen LogP contribution is -2.23. The van der Waals surface area contributed by atoms with Crippen molar-refractivity contribution in [3.63, 3.8) is 0 Å². The third-order valence-corrected chi connectivity index (χ3v) is 3.61. The number of anilines is 1. The van der Waals surface area contributed by atoms with Crippen molar-refractivity contribution in [3.05, 3.63) is 88.0 Å². The van der Waals surface area contributed by atoms with Crippen molar-refractivity contribution in [1.82, 2.24) is 4.98 Å². The van der Waals surface area contributed by atoms with Gasteiger partial charge in [0.2, 0.25) is 0 Å². The number of para-hydroxylation sites is 1. The van der Waals surface area contributed by atoms with E-state index >= 15 is 0 Å². The molecule has 6 heteroatoms. The van der Waals surface area contributed by atoms with E-state index in [1.807, 2.05) is 6.07 Å². The number of benzene rings is 2. The molecule has 0 atom stereocenters. The van der Waals surface area contributed by atoms with Gasteiger partial charge in [-0.05, 0) is 54.1 Å². The fourth-order valence-corrected chi connectivity index (χ4v) is 2.33. The Hall–Kier alpha value is -3.72. The molecule has 2 N–H and O–H groups in total. The highest BCUT2D eigenvalue weighted by atomic mass is 19.1. The summed E-state index contributed by atoms with van der Waals surface area (Å²) in [5, 5.41) is 11.6. The predicted molar refractivity (Wildman–Crippen MR) is 91.6 cm³/mol. The van der Waals surface area contributed by atoms with Crippen LogP contribution < -0.4 is 10.9 Å². The number of amides is 1. The molecule has 1 heterocycles. The number of rotatable bonds is 3. The number of hydrogen-bond acceptors (Lipinski definition) is 3. The number of nitrogens with one attached hydrogen (secondary N) is 2. The summed E-state index contributed by atoms with van der Waals surface area (Å²) in [7, 11) is 0. The highest BCUT2D eigenvalue weighted by Crippen LogP contribution is 2.17. The minimum atomic E-state index is -0.616. The fraction of sp³-hybridized carbons (Fsp3) is 0. The number of aromatic amines is 1. The highest BCUT2D eigenvalue weighted by Gasteiger charge is 2.13. The van der Waals surface area contributed by atoms with Crippen LogP contribution in [0.15, 0.2) is 65.5 Å². The van der Waals surface area contributed by atoms with Gasteiger partial charge < -0.3 is 10.3 Å². The quantitative estimate of drug-likeness (QED) is 0.771. The molecule has 0 bridgehead atoms. The van der Waals surface area contributed by atoms with Gasteiger partial charge in [-0.2, -0.15) is 5.26 Å². The average Bonchev–Trinajstić information content (AvgIpc) is 2.62. The lowest BCUT2D eigenvalue weighted by molar-refractivity contribution is 0.102. The van der Waals surface area contributed by atoms with E-state index in [1.54, 1.807) is 30.3 Å². The first-order chi connectivity index (χ1) is 12.1. The van der Waals surface area contributed by atoms with Crippen molar-refractivity contribution in [2.24, 2.45) is 0 Å². The van der Waals surface area contributed by atoms with Gasteiger partial charge in [0.15, 0.2) is 0 Å². The number of carbonyl (C=O) groups excluding carboxylic acids is 1. The van der Waals surface area contributed by atoms with Gasteiger partial charge >= 0.3 is 0 Å². The minimum absolute atomic E-state index is 0.0846. The normalized spacial score (nSPS) is 10.1. The number of carbonyl (C=O) groups is 1. The lowest BCUT2D eigenvalue weighted by atomic mass is 10.1. The van der Waals surface area contributed by atoms with Gasteiger partial charge in [0.25, 0.3) is 11.5 Å². The molecular formula is C19H12FN3O2. The first kappa shape index (κ1) is 16.1. The third-order valence-electron chi connectivity index (χ3n) is 3.61. The molecule has 0 aliphatic carbocycles. The van der Waals surface area contributed by atoms with Crippen LogP contribution in [0.25, 0.3) is 11.3 Å². The average molecular weight is 333 g/mol. The smallest absolute Gasteiger partial charge is 0.261 e. The molecule has 1 amide bonds. The standard InChI is InChI=1S/C19H12FN3O2/c20-14-7-5-12(6-8-14)17-10-9-15(19(25)23-17)18(24)22-16-4-2-1-3-13(16)11-21/h1-10H,(H,22,24)(H,23,25). The van der Waals surface area contributed by atoms with Crippen LogP contribution in [0.1, 0.15) is 15.9 Å². The Labute approximate surface area is 142 Å². The van der Waals surface area contributed by atoms with Gasteiger partial charge in [0.1, 0.15) is 17.4 Å². The fourth-order valence-electron chi connectivity index (χ4n) is 2.33. The van der Waals surface area contributed by atoms with E-state index in [1.165, 1.54) is 30.3 Å². The molecule has 0 saturated heterocycles. The van der Waals surface area contributed by atoms with Crippen molar-refractivity contribution in [3.8, 4) is 17.3 Å². The van der Waals surface area contributed by atoms with Crippen LogP contribution in [0, 0.1) is 17.1 Å². The number of hydrogen-bond donors (Lipinski definition) is 2. The van der Waals surface area contributed by atoms with Crippen LogP contribution in [0.2, 0.25) is 0 Å². The lowest BCUT2D eigenvalue weighted by Gasteiger charge is -2.07. The van der Waals surface area contributed by atoms with Gasteiger partial charge in [-0.1, -0.05) is 12.1 Å². The van der Waals surface area contributed by atoms with E-state index in [0.717, 1.165) is 0 Å². The summed E-state index contributed by atoms with van der Waals surface area (Å²) in [5.41, 5.74) is 1.07. The number of aromatic nitrogens is 1. The Morgan fingerprint density at radius 1 is 1.04 bits per heavy atom. The topological polar surface area (TPSA) is 85.8 Å². The molecule has 0 aliphatic heterocycles. The second kappa shape index (κ2) is 6.81.